The Morgan fingerprint density at radius 3 is 2.44 bits per heavy atom. The molecule has 0 radical (unpaired) electrons. The Balaban J connectivity index is 3.01. The standard InChI is InChI=1S/C12H20N2O2/c1-5-6-7-11(12(15)16)14-10(4)8(2)9(3)13-14/h11H,5-7H2,1-4H3,(H,15,16). The number of rotatable bonds is 5. The summed E-state index contributed by atoms with van der Waals surface area (Å²) in [6.45, 7) is 7.88. The van der Waals surface area contributed by atoms with Gasteiger partial charge in [0.2, 0.25) is 0 Å². The maximum atomic E-state index is 11.2. The van der Waals surface area contributed by atoms with E-state index in [1.807, 2.05) is 20.8 Å². The van der Waals surface area contributed by atoms with Crippen LogP contribution in [0.25, 0.3) is 0 Å². The van der Waals surface area contributed by atoms with E-state index in [4.69, 9.17) is 0 Å². The number of hydrogen-bond donors (Lipinski definition) is 1. The minimum Gasteiger partial charge on any atom is -0.480 e. The summed E-state index contributed by atoms with van der Waals surface area (Å²) < 4.78 is 1.66. The van der Waals surface area contributed by atoms with Gasteiger partial charge in [-0.05, 0) is 32.8 Å². The highest BCUT2D eigenvalue weighted by Crippen LogP contribution is 2.20. The molecule has 1 heterocycles. The van der Waals surface area contributed by atoms with Crippen LogP contribution in [0.5, 0.6) is 0 Å². The van der Waals surface area contributed by atoms with Crippen molar-refractivity contribution in [1.29, 1.82) is 0 Å². The average molecular weight is 224 g/mol. The number of carboxylic acids is 1. The van der Waals surface area contributed by atoms with Crippen LogP contribution in [0, 0.1) is 20.8 Å². The van der Waals surface area contributed by atoms with Gasteiger partial charge < -0.3 is 5.11 Å². The summed E-state index contributed by atoms with van der Waals surface area (Å²) in [6.07, 6.45) is 2.56. The lowest BCUT2D eigenvalue weighted by molar-refractivity contribution is -0.141. The smallest absolute Gasteiger partial charge is 0.328 e. The summed E-state index contributed by atoms with van der Waals surface area (Å²) in [4.78, 5) is 11.2. The van der Waals surface area contributed by atoms with Crippen LogP contribution in [0.1, 0.15) is 49.2 Å². The second kappa shape index (κ2) is 5.14. The number of nitrogens with zero attached hydrogens (tertiary/aromatic N) is 2. The summed E-state index contributed by atoms with van der Waals surface area (Å²) in [5, 5.41) is 13.5. The monoisotopic (exact) mass is 224 g/mol. The third kappa shape index (κ3) is 2.43. The summed E-state index contributed by atoms with van der Waals surface area (Å²) in [5.41, 5.74) is 2.96. The molecule has 0 aliphatic heterocycles. The second-order valence-corrected chi connectivity index (χ2v) is 4.24. The molecule has 0 spiro atoms. The zero-order valence-corrected chi connectivity index (χ0v) is 10.4. The van der Waals surface area contributed by atoms with Crippen molar-refractivity contribution in [3.8, 4) is 0 Å². The summed E-state index contributed by atoms with van der Waals surface area (Å²) in [6, 6.07) is -0.521. The fourth-order valence-electron chi connectivity index (χ4n) is 1.80. The van der Waals surface area contributed by atoms with E-state index in [9.17, 15) is 9.90 Å². The molecule has 0 aromatic carbocycles. The first-order valence-electron chi connectivity index (χ1n) is 5.74. The van der Waals surface area contributed by atoms with E-state index in [1.54, 1.807) is 4.68 Å². The first-order valence-corrected chi connectivity index (χ1v) is 5.74. The summed E-state index contributed by atoms with van der Waals surface area (Å²) in [7, 11) is 0. The highest BCUT2D eigenvalue weighted by Gasteiger charge is 2.22. The van der Waals surface area contributed by atoms with Crippen molar-refractivity contribution in [1.82, 2.24) is 9.78 Å². The number of carboxylic acid groups (broad SMARTS) is 1. The number of aromatic nitrogens is 2. The van der Waals surface area contributed by atoms with Gasteiger partial charge in [0.1, 0.15) is 6.04 Å². The van der Waals surface area contributed by atoms with Crippen LogP contribution < -0.4 is 0 Å². The number of aliphatic carboxylic acids is 1. The third-order valence-corrected chi connectivity index (χ3v) is 3.10. The van der Waals surface area contributed by atoms with E-state index in [1.165, 1.54) is 0 Å². The van der Waals surface area contributed by atoms with Crippen LogP contribution in [-0.2, 0) is 4.79 Å². The Kier molecular flexibility index (Phi) is 4.10. The molecule has 90 valence electrons. The maximum Gasteiger partial charge on any atom is 0.328 e. The lowest BCUT2D eigenvalue weighted by atomic mass is 10.1. The van der Waals surface area contributed by atoms with Gasteiger partial charge >= 0.3 is 5.97 Å². The molecule has 4 nitrogen and oxygen atoms in total. The van der Waals surface area contributed by atoms with Gasteiger partial charge in [-0.3, -0.25) is 4.68 Å². The molecular weight excluding hydrogens is 204 g/mol. The van der Waals surface area contributed by atoms with Crippen molar-refractivity contribution in [2.24, 2.45) is 0 Å². The van der Waals surface area contributed by atoms with E-state index in [0.29, 0.717) is 6.42 Å². The van der Waals surface area contributed by atoms with E-state index in [0.717, 1.165) is 29.8 Å². The molecule has 0 amide bonds. The molecule has 0 aliphatic rings. The largest absolute Gasteiger partial charge is 0.480 e. The minimum atomic E-state index is -0.793. The van der Waals surface area contributed by atoms with E-state index in [2.05, 4.69) is 12.0 Å². The molecule has 16 heavy (non-hydrogen) atoms. The Labute approximate surface area is 96.3 Å². The van der Waals surface area contributed by atoms with E-state index >= 15 is 0 Å². The van der Waals surface area contributed by atoms with Crippen molar-refractivity contribution in [2.45, 2.75) is 53.0 Å². The quantitative estimate of drug-likeness (QED) is 0.836. The van der Waals surface area contributed by atoms with E-state index < -0.39 is 12.0 Å². The van der Waals surface area contributed by atoms with Gasteiger partial charge in [-0.2, -0.15) is 5.10 Å². The van der Waals surface area contributed by atoms with Gasteiger partial charge in [-0.25, -0.2) is 4.79 Å². The SMILES string of the molecule is CCCCC(C(=O)O)n1nc(C)c(C)c1C. The van der Waals surface area contributed by atoms with Gasteiger partial charge in [0.05, 0.1) is 5.69 Å². The Hall–Kier alpha value is -1.32. The van der Waals surface area contributed by atoms with Crippen molar-refractivity contribution >= 4 is 5.97 Å². The van der Waals surface area contributed by atoms with Gasteiger partial charge in [-0.15, -0.1) is 0 Å². The molecule has 0 aliphatic carbocycles. The van der Waals surface area contributed by atoms with Gasteiger partial charge in [0.15, 0.2) is 0 Å². The highest BCUT2D eigenvalue weighted by molar-refractivity contribution is 5.71. The lowest BCUT2D eigenvalue weighted by Crippen LogP contribution is -2.21. The number of carbonyl (C=O) groups is 1. The molecule has 1 unspecified atom stereocenters. The van der Waals surface area contributed by atoms with Crippen LogP contribution in [0.3, 0.4) is 0 Å². The van der Waals surface area contributed by atoms with Crippen LogP contribution in [-0.4, -0.2) is 20.9 Å². The molecule has 4 heteroatoms. The average Bonchev–Trinajstić information content (AvgIpc) is 2.47. The molecule has 1 atom stereocenters. The summed E-state index contributed by atoms with van der Waals surface area (Å²) >= 11 is 0. The third-order valence-electron chi connectivity index (χ3n) is 3.10. The molecule has 0 bridgehead atoms. The molecule has 0 saturated carbocycles. The predicted molar refractivity (Wildman–Crippen MR) is 62.6 cm³/mol. The van der Waals surface area contributed by atoms with Gasteiger partial charge in [0.25, 0.3) is 0 Å². The molecular formula is C12H20N2O2. The van der Waals surface area contributed by atoms with Gasteiger partial charge in [-0.1, -0.05) is 19.8 Å². The molecule has 0 fully saturated rings. The Morgan fingerprint density at radius 1 is 1.44 bits per heavy atom. The van der Waals surface area contributed by atoms with Crippen molar-refractivity contribution in [3.05, 3.63) is 17.0 Å². The van der Waals surface area contributed by atoms with Crippen LogP contribution in [0.4, 0.5) is 0 Å². The molecule has 1 aromatic rings. The maximum absolute atomic E-state index is 11.2. The molecule has 1 aromatic heterocycles. The van der Waals surface area contributed by atoms with Crippen LogP contribution in [0.2, 0.25) is 0 Å². The van der Waals surface area contributed by atoms with Crippen molar-refractivity contribution < 1.29 is 9.90 Å². The number of unbranched alkanes of at least 4 members (excludes halogenated alkanes) is 1. The zero-order chi connectivity index (χ0) is 12.3. The summed E-state index contributed by atoms with van der Waals surface area (Å²) in [5.74, 6) is -0.793. The predicted octanol–water partition coefficient (Wildman–Crippen LogP) is 2.62. The topological polar surface area (TPSA) is 55.1 Å². The van der Waals surface area contributed by atoms with Gasteiger partial charge in [0, 0.05) is 5.69 Å². The highest BCUT2D eigenvalue weighted by atomic mass is 16.4. The Morgan fingerprint density at radius 2 is 2.06 bits per heavy atom. The number of aryl methyl sites for hydroxylation is 1. The minimum absolute atomic E-state index is 0.521. The lowest BCUT2D eigenvalue weighted by Gasteiger charge is -2.14. The molecule has 1 N–H and O–H groups in total. The van der Waals surface area contributed by atoms with Crippen LogP contribution in [0.15, 0.2) is 0 Å². The molecule has 1 rings (SSSR count). The molecule has 0 saturated heterocycles. The normalized spacial score (nSPS) is 12.8. The zero-order valence-electron chi connectivity index (χ0n) is 10.4. The Bertz CT molecular complexity index is 383. The van der Waals surface area contributed by atoms with Crippen molar-refractivity contribution in [2.75, 3.05) is 0 Å². The van der Waals surface area contributed by atoms with Crippen LogP contribution >= 0.6 is 0 Å². The number of hydrogen-bond acceptors (Lipinski definition) is 2. The fraction of sp³-hybridized carbons (Fsp3) is 0.667. The van der Waals surface area contributed by atoms with Crippen molar-refractivity contribution in [3.63, 3.8) is 0 Å². The second-order valence-electron chi connectivity index (χ2n) is 4.24. The first-order chi connectivity index (χ1) is 7.49. The first kappa shape index (κ1) is 12.7. The van der Waals surface area contributed by atoms with E-state index in [-0.39, 0.29) is 0 Å². The fourth-order valence-corrected chi connectivity index (χ4v) is 1.80.